The van der Waals surface area contributed by atoms with Gasteiger partial charge in [-0.1, -0.05) is 26.3 Å². The molecule has 14 heavy (non-hydrogen) atoms. The average molecular weight is 192 g/mol. The monoisotopic (exact) mass is 192 g/mol. The van der Waals surface area contributed by atoms with E-state index in [0.29, 0.717) is 6.79 Å². The Hall–Kier alpha value is -1.18. The molecule has 0 fully saturated rings. The van der Waals surface area contributed by atoms with E-state index in [4.69, 9.17) is 9.47 Å². The Bertz CT molecular complexity index is 320. The molecule has 2 nitrogen and oxygen atoms in total. The lowest BCUT2D eigenvalue weighted by atomic mass is 9.99. The topological polar surface area (TPSA) is 18.5 Å². The Labute approximate surface area is 84.8 Å². The van der Waals surface area contributed by atoms with Crippen LogP contribution in [0.25, 0.3) is 0 Å². The number of benzene rings is 1. The van der Waals surface area contributed by atoms with Crippen molar-refractivity contribution in [3.05, 3.63) is 23.8 Å². The quantitative estimate of drug-likeness (QED) is 0.733. The van der Waals surface area contributed by atoms with E-state index in [2.05, 4.69) is 26.0 Å². The summed E-state index contributed by atoms with van der Waals surface area (Å²) in [5.41, 5.74) is 1.34. The van der Waals surface area contributed by atoms with Crippen LogP contribution < -0.4 is 9.47 Å². The normalized spacial score (nSPS) is 15.6. The Kier molecular flexibility index (Phi) is 2.62. The number of rotatable bonds is 3. The predicted octanol–water partition coefficient (Wildman–Crippen LogP) is 3.00. The van der Waals surface area contributed by atoms with Crippen LogP contribution in [0.5, 0.6) is 11.5 Å². The van der Waals surface area contributed by atoms with E-state index in [1.54, 1.807) is 0 Å². The molecule has 1 unspecified atom stereocenters. The third-order valence-corrected chi connectivity index (χ3v) is 2.72. The average Bonchev–Trinajstić information content (AvgIpc) is 2.64. The highest BCUT2D eigenvalue weighted by molar-refractivity contribution is 5.44. The fourth-order valence-electron chi connectivity index (χ4n) is 1.61. The molecule has 0 radical (unpaired) electrons. The van der Waals surface area contributed by atoms with Gasteiger partial charge in [-0.15, -0.1) is 0 Å². The van der Waals surface area contributed by atoms with E-state index < -0.39 is 0 Å². The molecular weight excluding hydrogens is 176 g/mol. The van der Waals surface area contributed by atoms with Crippen molar-refractivity contribution >= 4 is 0 Å². The predicted molar refractivity (Wildman–Crippen MR) is 55.7 cm³/mol. The van der Waals surface area contributed by atoms with Gasteiger partial charge < -0.3 is 9.47 Å². The lowest BCUT2D eigenvalue weighted by Crippen LogP contribution is -1.97. The molecule has 2 rings (SSSR count). The molecule has 0 saturated heterocycles. The first-order chi connectivity index (χ1) is 6.79. The summed E-state index contributed by atoms with van der Waals surface area (Å²) < 4.78 is 10.6. The van der Waals surface area contributed by atoms with E-state index in [9.17, 15) is 0 Å². The van der Waals surface area contributed by atoms with E-state index in [-0.39, 0.29) is 0 Å². The summed E-state index contributed by atoms with van der Waals surface area (Å²) >= 11 is 0. The second-order valence-corrected chi connectivity index (χ2v) is 3.91. The van der Waals surface area contributed by atoms with Crippen molar-refractivity contribution in [2.45, 2.75) is 26.7 Å². The van der Waals surface area contributed by atoms with Gasteiger partial charge in [0.15, 0.2) is 11.5 Å². The molecule has 76 valence electrons. The Morgan fingerprint density at radius 1 is 1.29 bits per heavy atom. The van der Waals surface area contributed by atoms with Crippen molar-refractivity contribution in [2.75, 3.05) is 6.79 Å². The van der Waals surface area contributed by atoms with Gasteiger partial charge in [0, 0.05) is 0 Å². The molecule has 1 aliphatic heterocycles. The Balaban J connectivity index is 2.12. The molecule has 2 heteroatoms. The smallest absolute Gasteiger partial charge is 0.231 e. The molecule has 0 amide bonds. The van der Waals surface area contributed by atoms with Gasteiger partial charge in [0.25, 0.3) is 0 Å². The van der Waals surface area contributed by atoms with Crippen LogP contribution in [0.1, 0.15) is 25.8 Å². The van der Waals surface area contributed by atoms with Crippen molar-refractivity contribution in [1.82, 2.24) is 0 Å². The summed E-state index contributed by atoms with van der Waals surface area (Å²) in [6.45, 7) is 4.85. The molecular formula is C12H16O2. The molecule has 1 aromatic rings. The number of hydrogen-bond acceptors (Lipinski definition) is 2. The van der Waals surface area contributed by atoms with Crippen molar-refractivity contribution in [2.24, 2.45) is 5.92 Å². The Morgan fingerprint density at radius 2 is 2.07 bits per heavy atom. The van der Waals surface area contributed by atoms with E-state index >= 15 is 0 Å². The molecule has 0 saturated carbocycles. The second-order valence-electron chi connectivity index (χ2n) is 3.91. The van der Waals surface area contributed by atoms with Gasteiger partial charge in [-0.05, 0) is 30.0 Å². The van der Waals surface area contributed by atoms with Crippen LogP contribution in [-0.2, 0) is 6.42 Å². The van der Waals surface area contributed by atoms with Crippen LogP contribution in [0.15, 0.2) is 18.2 Å². The van der Waals surface area contributed by atoms with Gasteiger partial charge in [-0.3, -0.25) is 0 Å². The van der Waals surface area contributed by atoms with Crippen molar-refractivity contribution < 1.29 is 9.47 Å². The maximum absolute atomic E-state index is 5.33. The minimum absolute atomic E-state index is 0.363. The molecule has 0 N–H and O–H groups in total. The molecule has 0 aliphatic carbocycles. The first-order valence-corrected chi connectivity index (χ1v) is 5.18. The highest BCUT2D eigenvalue weighted by Gasteiger charge is 2.13. The van der Waals surface area contributed by atoms with Crippen LogP contribution in [0, 0.1) is 5.92 Å². The molecule has 1 heterocycles. The summed E-state index contributed by atoms with van der Waals surface area (Å²) in [7, 11) is 0. The summed E-state index contributed by atoms with van der Waals surface area (Å²) in [4.78, 5) is 0. The first-order valence-electron chi connectivity index (χ1n) is 5.18. The van der Waals surface area contributed by atoms with Crippen molar-refractivity contribution in [1.29, 1.82) is 0 Å². The maximum Gasteiger partial charge on any atom is 0.231 e. The van der Waals surface area contributed by atoms with Crippen LogP contribution in [0.3, 0.4) is 0 Å². The SMILES string of the molecule is CCC(C)Cc1ccc2c(c1)OCO2. The van der Waals surface area contributed by atoms with Gasteiger partial charge in [0.2, 0.25) is 6.79 Å². The van der Waals surface area contributed by atoms with Gasteiger partial charge in [-0.2, -0.15) is 0 Å². The van der Waals surface area contributed by atoms with E-state index in [1.807, 2.05) is 6.07 Å². The largest absolute Gasteiger partial charge is 0.454 e. The zero-order chi connectivity index (χ0) is 9.97. The summed E-state index contributed by atoms with van der Waals surface area (Å²) in [6.07, 6.45) is 2.33. The molecule has 0 aromatic heterocycles. The lowest BCUT2D eigenvalue weighted by molar-refractivity contribution is 0.174. The van der Waals surface area contributed by atoms with Crippen LogP contribution in [0.2, 0.25) is 0 Å². The zero-order valence-electron chi connectivity index (χ0n) is 8.75. The third-order valence-electron chi connectivity index (χ3n) is 2.72. The molecule has 1 atom stereocenters. The molecule has 1 aliphatic rings. The number of hydrogen-bond donors (Lipinski definition) is 0. The Morgan fingerprint density at radius 3 is 2.86 bits per heavy atom. The lowest BCUT2D eigenvalue weighted by Gasteiger charge is -2.08. The van der Waals surface area contributed by atoms with Gasteiger partial charge in [0.05, 0.1) is 0 Å². The zero-order valence-corrected chi connectivity index (χ0v) is 8.75. The van der Waals surface area contributed by atoms with Crippen LogP contribution in [0.4, 0.5) is 0 Å². The van der Waals surface area contributed by atoms with Crippen LogP contribution in [-0.4, -0.2) is 6.79 Å². The standard InChI is InChI=1S/C12H16O2/c1-3-9(2)6-10-4-5-11-12(7-10)14-8-13-11/h4-5,7,9H,3,6,8H2,1-2H3. The summed E-state index contributed by atoms with van der Waals surface area (Å²) in [5.74, 6) is 2.50. The maximum atomic E-state index is 5.33. The van der Waals surface area contributed by atoms with Crippen molar-refractivity contribution in [3.63, 3.8) is 0 Å². The third kappa shape index (κ3) is 1.84. The fraction of sp³-hybridized carbons (Fsp3) is 0.500. The van der Waals surface area contributed by atoms with E-state index in [1.165, 1.54) is 12.0 Å². The van der Waals surface area contributed by atoms with Crippen LogP contribution >= 0.6 is 0 Å². The van der Waals surface area contributed by atoms with E-state index in [0.717, 1.165) is 23.8 Å². The molecule has 1 aromatic carbocycles. The molecule has 0 spiro atoms. The van der Waals surface area contributed by atoms with Gasteiger partial charge in [0.1, 0.15) is 0 Å². The number of fused-ring (bicyclic) bond motifs is 1. The minimum Gasteiger partial charge on any atom is -0.454 e. The second kappa shape index (κ2) is 3.91. The molecule has 0 bridgehead atoms. The highest BCUT2D eigenvalue weighted by Crippen LogP contribution is 2.33. The fourth-order valence-corrected chi connectivity index (χ4v) is 1.61. The van der Waals surface area contributed by atoms with Crippen molar-refractivity contribution in [3.8, 4) is 11.5 Å². The number of ether oxygens (including phenoxy) is 2. The summed E-state index contributed by atoms with van der Waals surface area (Å²) in [6, 6.07) is 6.22. The van der Waals surface area contributed by atoms with Gasteiger partial charge >= 0.3 is 0 Å². The summed E-state index contributed by atoms with van der Waals surface area (Å²) in [5, 5.41) is 0. The first kappa shape index (κ1) is 9.38. The van der Waals surface area contributed by atoms with Gasteiger partial charge in [-0.25, -0.2) is 0 Å². The minimum atomic E-state index is 0.363. The highest BCUT2D eigenvalue weighted by atomic mass is 16.7.